The molecule has 1 heterocycles. The molecule has 0 N–H and O–H groups in total. The summed E-state index contributed by atoms with van der Waals surface area (Å²) in [5, 5.41) is 7.81. The molecule has 0 radical (unpaired) electrons. The minimum Gasteiger partial charge on any atom is -0.484 e. The van der Waals surface area contributed by atoms with Crippen LogP contribution in [0.3, 0.4) is 0 Å². The Bertz CT molecular complexity index is 575. The summed E-state index contributed by atoms with van der Waals surface area (Å²) >= 11 is 0. The number of carbonyl (C=O) groups is 1. The molecule has 0 atom stereocenters. The summed E-state index contributed by atoms with van der Waals surface area (Å²) in [6, 6.07) is 6.64. The van der Waals surface area contributed by atoms with Crippen LogP contribution in [-0.2, 0) is 11.3 Å². The van der Waals surface area contributed by atoms with Crippen molar-refractivity contribution in [2.75, 3.05) is 7.11 Å². The van der Waals surface area contributed by atoms with Crippen LogP contribution >= 0.6 is 0 Å². The van der Waals surface area contributed by atoms with Crippen LogP contribution in [0.2, 0.25) is 0 Å². The normalized spacial score (nSPS) is 10.6. The van der Waals surface area contributed by atoms with E-state index < -0.39 is 0 Å². The maximum Gasteiger partial charge on any atom is 0.337 e. The van der Waals surface area contributed by atoms with Crippen LogP contribution < -0.4 is 4.74 Å². The van der Waals surface area contributed by atoms with Crippen molar-refractivity contribution < 1.29 is 18.7 Å². The lowest BCUT2D eigenvalue weighted by molar-refractivity contribution is 0.0600. The van der Waals surface area contributed by atoms with Crippen molar-refractivity contribution in [3.63, 3.8) is 0 Å². The lowest BCUT2D eigenvalue weighted by Gasteiger charge is -2.04. The van der Waals surface area contributed by atoms with Gasteiger partial charge in [-0.25, -0.2) is 4.79 Å². The highest BCUT2D eigenvalue weighted by molar-refractivity contribution is 5.89. The summed E-state index contributed by atoms with van der Waals surface area (Å²) in [4.78, 5) is 11.3. The fourth-order valence-corrected chi connectivity index (χ4v) is 1.51. The van der Waals surface area contributed by atoms with Crippen LogP contribution in [0.1, 0.15) is 41.9 Å². The molecule has 0 aliphatic heterocycles. The zero-order valence-electron chi connectivity index (χ0n) is 11.6. The van der Waals surface area contributed by atoms with Gasteiger partial charge in [-0.15, -0.1) is 10.2 Å². The average Bonchev–Trinajstić information content (AvgIpc) is 2.94. The number of esters is 1. The van der Waals surface area contributed by atoms with Crippen molar-refractivity contribution in [3.8, 4) is 5.75 Å². The molecule has 0 fully saturated rings. The van der Waals surface area contributed by atoms with Gasteiger partial charge in [0.05, 0.1) is 12.7 Å². The second-order valence-electron chi connectivity index (χ2n) is 4.49. The first-order valence-corrected chi connectivity index (χ1v) is 6.23. The molecule has 2 rings (SSSR count). The third kappa shape index (κ3) is 3.34. The van der Waals surface area contributed by atoms with Crippen LogP contribution in [0.4, 0.5) is 0 Å². The quantitative estimate of drug-likeness (QED) is 0.781. The molecule has 0 aliphatic carbocycles. The topological polar surface area (TPSA) is 74.5 Å². The lowest BCUT2D eigenvalue weighted by Crippen LogP contribution is -2.01. The van der Waals surface area contributed by atoms with E-state index in [2.05, 4.69) is 14.9 Å². The SMILES string of the molecule is COC(=O)c1ccc(OCc2nnc(C(C)C)o2)cc1. The van der Waals surface area contributed by atoms with Crippen molar-refractivity contribution in [3.05, 3.63) is 41.6 Å². The first-order valence-electron chi connectivity index (χ1n) is 6.23. The summed E-state index contributed by atoms with van der Waals surface area (Å²) in [6.07, 6.45) is 0. The lowest BCUT2D eigenvalue weighted by atomic mass is 10.2. The number of carbonyl (C=O) groups excluding carboxylic acids is 1. The van der Waals surface area contributed by atoms with Crippen molar-refractivity contribution in [2.24, 2.45) is 0 Å². The molecule has 106 valence electrons. The Morgan fingerprint density at radius 1 is 1.25 bits per heavy atom. The van der Waals surface area contributed by atoms with Crippen LogP contribution in [0.5, 0.6) is 5.75 Å². The predicted molar refractivity (Wildman–Crippen MR) is 70.5 cm³/mol. The summed E-state index contributed by atoms with van der Waals surface area (Å²) in [7, 11) is 1.34. The number of ether oxygens (including phenoxy) is 2. The molecule has 0 amide bonds. The number of aromatic nitrogens is 2. The molecule has 6 heteroatoms. The summed E-state index contributed by atoms with van der Waals surface area (Å²) < 4.78 is 15.5. The van der Waals surface area contributed by atoms with Crippen molar-refractivity contribution in [1.82, 2.24) is 10.2 Å². The van der Waals surface area contributed by atoms with E-state index in [1.165, 1.54) is 7.11 Å². The summed E-state index contributed by atoms with van der Waals surface area (Å²) in [5.74, 6) is 1.43. The van der Waals surface area contributed by atoms with Crippen LogP contribution in [-0.4, -0.2) is 23.3 Å². The molecule has 0 aliphatic rings. The number of nitrogens with zero attached hydrogens (tertiary/aromatic N) is 2. The fraction of sp³-hybridized carbons (Fsp3) is 0.357. The van der Waals surface area contributed by atoms with E-state index in [1.807, 2.05) is 13.8 Å². The van der Waals surface area contributed by atoms with E-state index in [0.717, 1.165) is 0 Å². The fourth-order valence-electron chi connectivity index (χ4n) is 1.51. The van der Waals surface area contributed by atoms with Crippen molar-refractivity contribution >= 4 is 5.97 Å². The molecule has 20 heavy (non-hydrogen) atoms. The molecular weight excluding hydrogens is 260 g/mol. The van der Waals surface area contributed by atoms with Crippen molar-refractivity contribution in [1.29, 1.82) is 0 Å². The van der Waals surface area contributed by atoms with Gasteiger partial charge in [-0.05, 0) is 24.3 Å². The number of hydrogen-bond donors (Lipinski definition) is 0. The Morgan fingerprint density at radius 2 is 1.95 bits per heavy atom. The average molecular weight is 276 g/mol. The van der Waals surface area contributed by atoms with Gasteiger partial charge in [0.15, 0.2) is 6.61 Å². The summed E-state index contributed by atoms with van der Waals surface area (Å²) in [5.41, 5.74) is 0.472. The van der Waals surface area contributed by atoms with E-state index in [9.17, 15) is 4.79 Å². The highest BCUT2D eigenvalue weighted by Gasteiger charge is 2.10. The first-order chi connectivity index (χ1) is 9.60. The zero-order valence-corrected chi connectivity index (χ0v) is 11.6. The number of rotatable bonds is 5. The largest absolute Gasteiger partial charge is 0.484 e. The monoisotopic (exact) mass is 276 g/mol. The van der Waals surface area contributed by atoms with Crippen LogP contribution in [0, 0.1) is 0 Å². The number of hydrogen-bond acceptors (Lipinski definition) is 6. The Kier molecular flexibility index (Phi) is 4.34. The molecule has 0 saturated carbocycles. The third-order valence-corrected chi connectivity index (χ3v) is 2.61. The number of methoxy groups -OCH3 is 1. The molecule has 0 bridgehead atoms. The first kappa shape index (κ1) is 14.0. The zero-order chi connectivity index (χ0) is 14.5. The van der Waals surface area contributed by atoms with Crippen LogP contribution in [0.15, 0.2) is 28.7 Å². The highest BCUT2D eigenvalue weighted by atomic mass is 16.5. The van der Waals surface area contributed by atoms with Gasteiger partial charge in [-0.2, -0.15) is 0 Å². The maximum absolute atomic E-state index is 11.3. The molecule has 0 saturated heterocycles. The third-order valence-electron chi connectivity index (χ3n) is 2.61. The Balaban J connectivity index is 1.95. The van der Waals surface area contributed by atoms with Gasteiger partial charge in [0.1, 0.15) is 5.75 Å². The Hall–Kier alpha value is -2.37. The molecular formula is C14H16N2O4. The van der Waals surface area contributed by atoms with Gasteiger partial charge in [0.25, 0.3) is 5.89 Å². The van der Waals surface area contributed by atoms with E-state index in [4.69, 9.17) is 9.15 Å². The van der Waals surface area contributed by atoms with Gasteiger partial charge in [-0.3, -0.25) is 0 Å². The minimum absolute atomic E-state index is 0.190. The van der Waals surface area contributed by atoms with E-state index >= 15 is 0 Å². The van der Waals surface area contributed by atoms with Gasteiger partial charge in [0.2, 0.25) is 5.89 Å². The van der Waals surface area contributed by atoms with Gasteiger partial charge in [0, 0.05) is 5.92 Å². The van der Waals surface area contributed by atoms with Gasteiger partial charge < -0.3 is 13.9 Å². The minimum atomic E-state index is -0.380. The summed E-state index contributed by atoms with van der Waals surface area (Å²) in [6.45, 7) is 4.14. The van der Waals surface area contributed by atoms with Crippen LogP contribution in [0.25, 0.3) is 0 Å². The maximum atomic E-state index is 11.3. The standard InChI is InChI=1S/C14H16N2O4/c1-9(2)13-16-15-12(20-13)8-19-11-6-4-10(5-7-11)14(17)18-3/h4-7,9H,8H2,1-3H3. The second kappa shape index (κ2) is 6.18. The van der Waals surface area contributed by atoms with Crippen molar-refractivity contribution in [2.45, 2.75) is 26.4 Å². The second-order valence-corrected chi connectivity index (χ2v) is 4.49. The Labute approximate surface area is 116 Å². The highest BCUT2D eigenvalue weighted by Crippen LogP contribution is 2.16. The molecule has 6 nitrogen and oxygen atoms in total. The van der Waals surface area contributed by atoms with E-state index in [1.54, 1.807) is 24.3 Å². The molecule has 0 unspecified atom stereocenters. The molecule has 1 aromatic heterocycles. The van der Waals surface area contributed by atoms with E-state index in [0.29, 0.717) is 23.1 Å². The van der Waals surface area contributed by atoms with Gasteiger partial charge >= 0.3 is 5.97 Å². The smallest absolute Gasteiger partial charge is 0.337 e. The number of benzene rings is 1. The van der Waals surface area contributed by atoms with E-state index in [-0.39, 0.29) is 18.5 Å². The predicted octanol–water partition coefficient (Wildman–Crippen LogP) is 2.56. The molecule has 0 spiro atoms. The molecule has 1 aromatic carbocycles. The van der Waals surface area contributed by atoms with Gasteiger partial charge in [-0.1, -0.05) is 13.8 Å². The Morgan fingerprint density at radius 3 is 2.50 bits per heavy atom. The molecule has 2 aromatic rings.